The number of likely N-dealkylation sites (N-methyl/N-ethyl adjacent to an activating group) is 1. The Bertz CT molecular complexity index is 1190. The van der Waals surface area contributed by atoms with Gasteiger partial charge in [0.15, 0.2) is 0 Å². The van der Waals surface area contributed by atoms with Gasteiger partial charge >= 0.3 is 6.03 Å². The van der Waals surface area contributed by atoms with Gasteiger partial charge in [0, 0.05) is 24.5 Å². The van der Waals surface area contributed by atoms with Gasteiger partial charge in [0.25, 0.3) is 0 Å². The topological polar surface area (TPSA) is 81.8 Å². The second kappa shape index (κ2) is 11.0. The molecule has 7 nitrogen and oxygen atoms in total. The van der Waals surface area contributed by atoms with Crippen LogP contribution in [-0.2, 0) is 9.59 Å². The van der Waals surface area contributed by atoms with Crippen molar-refractivity contribution in [3.05, 3.63) is 90.0 Å². The molecule has 3 aromatic carbocycles. The number of para-hydroxylation sites is 1. The lowest BCUT2D eigenvalue weighted by atomic mass is 10.2. The van der Waals surface area contributed by atoms with Crippen LogP contribution in [0.3, 0.4) is 0 Å². The van der Waals surface area contributed by atoms with E-state index in [1.165, 1.54) is 11.9 Å². The van der Waals surface area contributed by atoms with E-state index in [-0.39, 0.29) is 12.2 Å². The van der Waals surface area contributed by atoms with Crippen molar-refractivity contribution in [3.8, 4) is 0 Å². The molecule has 176 valence electrons. The molecule has 0 aromatic heterocycles. The van der Waals surface area contributed by atoms with Crippen molar-refractivity contribution in [2.24, 2.45) is 0 Å². The zero-order chi connectivity index (χ0) is 24.7. The molecule has 34 heavy (non-hydrogen) atoms. The standard InChI is InChI=1S/C25H24F2N4O3/c1-17-7-6-8-19(13-17)29-25(34)28-15-23(32)31(20-9-4-3-5-10-20)16-24(33)30(2)22-12-11-18(26)14-21(22)27/h3-14H,15-16H2,1-2H3,(H2,28,29,34). The van der Waals surface area contributed by atoms with E-state index in [9.17, 15) is 23.2 Å². The molecular weight excluding hydrogens is 442 g/mol. The first-order valence-corrected chi connectivity index (χ1v) is 10.4. The molecule has 3 aromatic rings. The third-order valence-corrected chi connectivity index (χ3v) is 4.98. The summed E-state index contributed by atoms with van der Waals surface area (Å²) in [5, 5.41) is 5.12. The van der Waals surface area contributed by atoms with E-state index >= 15 is 0 Å². The van der Waals surface area contributed by atoms with Gasteiger partial charge in [-0.2, -0.15) is 0 Å². The average molecular weight is 466 g/mol. The first-order chi connectivity index (χ1) is 16.2. The van der Waals surface area contributed by atoms with E-state index in [1.807, 2.05) is 13.0 Å². The molecule has 0 aliphatic heterocycles. The molecule has 0 unspecified atom stereocenters. The maximum atomic E-state index is 14.1. The third kappa shape index (κ3) is 6.38. The van der Waals surface area contributed by atoms with Gasteiger partial charge in [0.2, 0.25) is 11.8 Å². The van der Waals surface area contributed by atoms with Gasteiger partial charge in [0.1, 0.15) is 18.2 Å². The Morgan fingerprint density at radius 1 is 0.882 bits per heavy atom. The zero-order valence-electron chi connectivity index (χ0n) is 18.7. The molecule has 4 amide bonds. The molecule has 0 heterocycles. The fraction of sp³-hybridized carbons (Fsp3) is 0.160. The lowest BCUT2D eigenvalue weighted by Crippen LogP contribution is -2.46. The lowest BCUT2D eigenvalue weighted by Gasteiger charge is -2.26. The number of rotatable bonds is 7. The number of benzene rings is 3. The first kappa shape index (κ1) is 24.4. The minimum absolute atomic E-state index is 0.123. The zero-order valence-corrected chi connectivity index (χ0v) is 18.7. The molecule has 0 fully saturated rings. The summed E-state index contributed by atoms with van der Waals surface area (Å²) in [6.45, 7) is 1.09. The molecule has 0 atom stereocenters. The fourth-order valence-electron chi connectivity index (χ4n) is 3.21. The van der Waals surface area contributed by atoms with Gasteiger partial charge in [-0.25, -0.2) is 13.6 Å². The second-order valence-corrected chi connectivity index (χ2v) is 7.54. The maximum Gasteiger partial charge on any atom is 0.319 e. The van der Waals surface area contributed by atoms with Crippen LogP contribution >= 0.6 is 0 Å². The molecule has 0 saturated heterocycles. The minimum atomic E-state index is -0.900. The summed E-state index contributed by atoms with van der Waals surface area (Å²) in [5.74, 6) is -2.82. The van der Waals surface area contributed by atoms with Gasteiger partial charge < -0.3 is 20.4 Å². The van der Waals surface area contributed by atoms with Crippen LogP contribution in [0.5, 0.6) is 0 Å². The number of anilines is 3. The number of nitrogens with one attached hydrogen (secondary N) is 2. The first-order valence-electron chi connectivity index (χ1n) is 10.4. The number of carbonyl (C=O) groups excluding carboxylic acids is 3. The predicted octanol–water partition coefficient (Wildman–Crippen LogP) is 4.09. The summed E-state index contributed by atoms with van der Waals surface area (Å²) in [5.41, 5.74) is 1.84. The number of amides is 4. The minimum Gasteiger partial charge on any atom is -0.329 e. The Morgan fingerprint density at radius 3 is 2.29 bits per heavy atom. The molecule has 0 radical (unpaired) electrons. The van der Waals surface area contributed by atoms with Crippen molar-refractivity contribution in [2.75, 3.05) is 35.3 Å². The number of hydrogen-bond donors (Lipinski definition) is 2. The molecule has 2 N–H and O–H groups in total. The average Bonchev–Trinajstić information content (AvgIpc) is 2.81. The Balaban J connectivity index is 1.69. The summed E-state index contributed by atoms with van der Waals surface area (Å²) in [6.07, 6.45) is 0. The molecule has 0 saturated carbocycles. The normalized spacial score (nSPS) is 10.4. The number of urea groups is 1. The highest BCUT2D eigenvalue weighted by Gasteiger charge is 2.23. The molecule has 3 rings (SSSR count). The van der Waals surface area contributed by atoms with Crippen molar-refractivity contribution in [3.63, 3.8) is 0 Å². The van der Waals surface area contributed by atoms with Crippen LogP contribution in [0.1, 0.15) is 5.56 Å². The van der Waals surface area contributed by atoms with Crippen LogP contribution in [0.25, 0.3) is 0 Å². The van der Waals surface area contributed by atoms with E-state index in [2.05, 4.69) is 10.6 Å². The predicted molar refractivity (Wildman–Crippen MR) is 127 cm³/mol. The van der Waals surface area contributed by atoms with Crippen LogP contribution in [0.15, 0.2) is 72.8 Å². The van der Waals surface area contributed by atoms with Crippen LogP contribution in [-0.4, -0.2) is 38.0 Å². The maximum absolute atomic E-state index is 14.1. The summed E-state index contributed by atoms with van der Waals surface area (Å²) in [4.78, 5) is 40.2. The lowest BCUT2D eigenvalue weighted by molar-refractivity contribution is -0.121. The molecule has 0 aliphatic carbocycles. The van der Waals surface area contributed by atoms with Crippen LogP contribution in [0.2, 0.25) is 0 Å². The Kier molecular flexibility index (Phi) is 7.92. The summed E-state index contributed by atoms with van der Waals surface area (Å²) in [6, 6.07) is 17.9. The van der Waals surface area contributed by atoms with Crippen molar-refractivity contribution in [1.82, 2.24) is 5.32 Å². The largest absolute Gasteiger partial charge is 0.329 e. The van der Waals surface area contributed by atoms with E-state index in [0.29, 0.717) is 17.4 Å². The van der Waals surface area contributed by atoms with Gasteiger partial charge in [-0.05, 0) is 48.9 Å². The molecule has 0 bridgehead atoms. The number of hydrogen-bond acceptors (Lipinski definition) is 3. The summed E-state index contributed by atoms with van der Waals surface area (Å²) >= 11 is 0. The number of nitrogens with zero attached hydrogens (tertiary/aromatic N) is 2. The van der Waals surface area contributed by atoms with Crippen LogP contribution < -0.4 is 20.4 Å². The number of carbonyl (C=O) groups is 3. The van der Waals surface area contributed by atoms with Gasteiger partial charge in [-0.3, -0.25) is 9.59 Å². The summed E-state index contributed by atoms with van der Waals surface area (Å²) in [7, 11) is 1.33. The van der Waals surface area contributed by atoms with Gasteiger partial charge in [-0.15, -0.1) is 0 Å². The van der Waals surface area contributed by atoms with Gasteiger partial charge in [-0.1, -0.05) is 30.3 Å². The van der Waals surface area contributed by atoms with Crippen molar-refractivity contribution >= 4 is 34.9 Å². The Hall–Kier alpha value is -4.27. The van der Waals surface area contributed by atoms with Crippen molar-refractivity contribution < 1.29 is 23.2 Å². The van der Waals surface area contributed by atoms with E-state index in [0.717, 1.165) is 22.6 Å². The SMILES string of the molecule is Cc1cccc(NC(=O)NCC(=O)N(CC(=O)N(C)c2ccc(F)cc2F)c2ccccc2)c1. The Labute approximate surface area is 196 Å². The fourth-order valence-corrected chi connectivity index (χ4v) is 3.21. The Morgan fingerprint density at radius 2 is 1.62 bits per heavy atom. The highest BCUT2D eigenvalue weighted by Crippen LogP contribution is 2.20. The quantitative estimate of drug-likeness (QED) is 0.550. The molecule has 0 spiro atoms. The van der Waals surface area contributed by atoms with Crippen LogP contribution in [0, 0.1) is 18.6 Å². The summed E-state index contributed by atoms with van der Waals surface area (Å²) < 4.78 is 27.3. The van der Waals surface area contributed by atoms with Crippen molar-refractivity contribution in [1.29, 1.82) is 0 Å². The third-order valence-electron chi connectivity index (χ3n) is 4.98. The number of aryl methyl sites for hydroxylation is 1. The molecular formula is C25H24F2N4O3. The van der Waals surface area contributed by atoms with E-state index in [4.69, 9.17) is 0 Å². The molecule has 0 aliphatic rings. The van der Waals surface area contributed by atoms with E-state index in [1.54, 1.807) is 48.5 Å². The highest BCUT2D eigenvalue weighted by molar-refractivity contribution is 6.05. The highest BCUT2D eigenvalue weighted by atomic mass is 19.1. The number of halogens is 2. The van der Waals surface area contributed by atoms with E-state index < -0.39 is 36.0 Å². The smallest absolute Gasteiger partial charge is 0.319 e. The monoisotopic (exact) mass is 466 g/mol. The van der Waals surface area contributed by atoms with Gasteiger partial charge in [0.05, 0.1) is 12.2 Å². The van der Waals surface area contributed by atoms with Crippen molar-refractivity contribution in [2.45, 2.75) is 6.92 Å². The molecule has 9 heteroatoms. The second-order valence-electron chi connectivity index (χ2n) is 7.54. The van der Waals surface area contributed by atoms with Crippen LogP contribution in [0.4, 0.5) is 30.6 Å².